The largest absolute Gasteiger partial charge is 0.456 e. The van der Waals surface area contributed by atoms with Crippen molar-refractivity contribution >= 4 is 33.0 Å². The van der Waals surface area contributed by atoms with Crippen LogP contribution in [0.2, 0.25) is 0 Å². The average molecular weight is 821 g/mol. The Bertz CT molecular complexity index is 3650. The maximum absolute atomic E-state index is 6.29. The van der Waals surface area contributed by atoms with Gasteiger partial charge >= 0.3 is 0 Å². The van der Waals surface area contributed by atoms with E-state index < -0.39 is 0 Å². The van der Waals surface area contributed by atoms with Gasteiger partial charge in [0.1, 0.15) is 16.7 Å². The molecule has 0 saturated carbocycles. The molecule has 64 heavy (non-hydrogen) atoms. The lowest BCUT2D eigenvalue weighted by Gasteiger charge is -2.11. The van der Waals surface area contributed by atoms with E-state index in [0.29, 0.717) is 23.4 Å². The minimum absolute atomic E-state index is 0.577. The van der Waals surface area contributed by atoms with Gasteiger partial charge < -0.3 is 8.83 Å². The smallest absolute Gasteiger partial charge is 0.227 e. The Morgan fingerprint density at radius 1 is 0.266 bits per heavy atom. The number of hydrogen-bond acceptors (Lipinski definition) is 6. The lowest BCUT2D eigenvalue weighted by molar-refractivity contribution is 0.620. The molecule has 300 valence electrons. The number of aromatic nitrogens is 4. The Morgan fingerprint density at radius 2 is 0.734 bits per heavy atom. The Morgan fingerprint density at radius 3 is 1.45 bits per heavy atom. The molecule has 0 aliphatic rings. The van der Waals surface area contributed by atoms with Crippen LogP contribution in [0.25, 0.3) is 123 Å². The van der Waals surface area contributed by atoms with E-state index in [1.165, 1.54) is 5.56 Å². The molecule has 0 aliphatic heterocycles. The summed E-state index contributed by atoms with van der Waals surface area (Å²) in [5.41, 5.74) is 15.7. The monoisotopic (exact) mass is 820 g/mol. The number of benzene rings is 9. The van der Waals surface area contributed by atoms with Crippen molar-refractivity contribution in [3.05, 3.63) is 218 Å². The number of hydrogen-bond donors (Lipinski definition) is 0. The third kappa shape index (κ3) is 6.89. The number of rotatable bonds is 8. The zero-order chi connectivity index (χ0) is 42.4. The maximum Gasteiger partial charge on any atom is 0.227 e. The van der Waals surface area contributed by atoms with Crippen LogP contribution in [0.15, 0.2) is 227 Å². The molecule has 0 radical (unpaired) electrons. The third-order valence-corrected chi connectivity index (χ3v) is 11.8. The van der Waals surface area contributed by atoms with Gasteiger partial charge in [0.05, 0.1) is 0 Å². The van der Waals surface area contributed by atoms with E-state index in [0.717, 1.165) is 94.2 Å². The third-order valence-electron chi connectivity index (χ3n) is 11.8. The second-order valence-corrected chi connectivity index (χ2v) is 15.8. The van der Waals surface area contributed by atoms with E-state index in [2.05, 4.69) is 146 Å². The first-order valence-corrected chi connectivity index (χ1v) is 21.3. The van der Waals surface area contributed by atoms with Crippen LogP contribution in [-0.4, -0.2) is 19.9 Å². The van der Waals surface area contributed by atoms with Crippen molar-refractivity contribution in [1.29, 1.82) is 0 Å². The highest BCUT2D eigenvalue weighted by Crippen LogP contribution is 2.38. The van der Waals surface area contributed by atoms with E-state index in [4.69, 9.17) is 28.8 Å². The van der Waals surface area contributed by atoms with Crippen LogP contribution >= 0.6 is 0 Å². The van der Waals surface area contributed by atoms with Gasteiger partial charge in [-0.2, -0.15) is 0 Å². The highest BCUT2D eigenvalue weighted by molar-refractivity contribution is 6.11. The van der Waals surface area contributed by atoms with Gasteiger partial charge in [0.25, 0.3) is 0 Å². The molecule has 0 N–H and O–H groups in total. The molecular formula is C58H36N4O2. The molecule has 0 bridgehead atoms. The summed E-state index contributed by atoms with van der Waals surface area (Å²) < 4.78 is 12.4. The van der Waals surface area contributed by atoms with Gasteiger partial charge in [-0.3, -0.25) is 0 Å². The Balaban J connectivity index is 0.900. The van der Waals surface area contributed by atoms with Gasteiger partial charge in [-0.15, -0.1) is 0 Å². The molecule has 0 unspecified atom stereocenters. The average Bonchev–Trinajstić information content (AvgIpc) is 3.99. The number of fused-ring (bicyclic) bond motifs is 4. The normalized spacial score (nSPS) is 11.4. The molecule has 6 nitrogen and oxygen atoms in total. The Hall–Kier alpha value is -8.74. The summed E-state index contributed by atoms with van der Waals surface area (Å²) >= 11 is 0. The molecular weight excluding hydrogens is 785 g/mol. The fourth-order valence-electron chi connectivity index (χ4n) is 8.54. The molecule has 6 heteroatoms. The van der Waals surface area contributed by atoms with Crippen molar-refractivity contribution in [2.45, 2.75) is 0 Å². The minimum Gasteiger partial charge on any atom is -0.456 e. The topological polar surface area (TPSA) is 77.8 Å². The van der Waals surface area contributed by atoms with Crippen molar-refractivity contribution in [3.63, 3.8) is 0 Å². The van der Waals surface area contributed by atoms with Crippen LogP contribution in [0.3, 0.4) is 0 Å². The maximum atomic E-state index is 6.29. The van der Waals surface area contributed by atoms with Crippen molar-refractivity contribution in [2.24, 2.45) is 0 Å². The number of furan rings is 1. The zero-order valence-corrected chi connectivity index (χ0v) is 34.4. The van der Waals surface area contributed by atoms with Crippen LogP contribution in [-0.2, 0) is 0 Å². The van der Waals surface area contributed by atoms with Crippen LogP contribution in [0.4, 0.5) is 0 Å². The first-order chi connectivity index (χ1) is 31.7. The first-order valence-electron chi connectivity index (χ1n) is 21.3. The van der Waals surface area contributed by atoms with Gasteiger partial charge in [0.2, 0.25) is 5.89 Å². The van der Waals surface area contributed by atoms with Crippen LogP contribution in [0.1, 0.15) is 0 Å². The molecule has 0 fully saturated rings. The van der Waals surface area contributed by atoms with Crippen LogP contribution < -0.4 is 0 Å². The summed E-state index contributed by atoms with van der Waals surface area (Å²) in [6, 6.07) is 74.9. The standard InChI is InChI=1S/C58H36N4O2/c1-3-12-37(13-4-1)43-16-9-17-44(34-43)45-18-10-19-47(35-45)56-60-55(61-57(62-56)49-21-11-23-53-54(49)48-20-7-8-22-51(48)63-53)41-30-28-39(29-31-41)38-24-26-40(27-25-38)46-32-33-52-50(36-46)59-58(64-52)42-14-5-2-6-15-42/h1-36H. The number of oxazole rings is 1. The van der Waals surface area contributed by atoms with Crippen molar-refractivity contribution in [2.75, 3.05) is 0 Å². The van der Waals surface area contributed by atoms with Gasteiger partial charge in [-0.25, -0.2) is 19.9 Å². The summed E-state index contributed by atoms with van der Waals surface area (Å²) in [4.78, 5) is 20.3. The van der Waals surface area contributed by atoms with Gasteiger partial charge in [0, 0.05) is 33.0 Å². The van der Waals surface area contributed by atoms with E-state index in [1.807, 2.05) is 72.8 Å². The molecule has 0 spiro atoms. The van der Waals surface area contributed by atoms with Crippen LogP contribution in [0.5, 0.6) is 0 Å². The number of para-hydroxylation sites is 1. The van der Waals surface area contributed by atoms with E-state index in [9.17, 15) is 0 Å². The van der Waals surface area contributed by atoms with E-state index >= 15 is 0 Å². The van der Waals surface area contributed by atoms with Crippen molar-refractivity contribution in [3.8, 4) is 90.1 Å². The molecule has 0 atom stereocenters. The van der Waals surface area contributed by atoms with Gasteiger partial charge in [-0.1, -0.05) is 170 Å². The molecule has 3 aromatic heterocycles. The molecule has 0 amide bonds. The zero-order valence-electron chi connectivity index (χ0n) is 34.4. The molecule has 0 saturated heterocycles. The highest BCUT2D eigenvalue weighted by Gasteiger charge is 2.18. The Labute approximate surface area is 368 Å². The SMILES string of the molecule is c1ccc(-c2cccc(-c3cccc(-c4nc(-c5ccc(-c6ccc(-c7ccc8oc(-c9ccccc9)nc8c7)cc6)cc5)nc(-c5cccc6oc7ccccc7c56)n4)c3)c2)cc1. The lowest BCUT2D eigenvalue weighted by atomic mass is 9.98. The fraction of sp³-hybridized carbons (Fsp3) is 0. The second-order valence-electron chi connectivity index (χ2n) is 15.8. The Kier molecular flexibility index (Phi) is 9.05. The van der Waals surface area contributed by atoms with Gasteiger partial charge in [0.15, 0.2) is 23.1 Å². The molecule has 12 rings (SSSR count). The summed E-state index contributed by atoms with van der Waals surface area (Å²) in [7, 11) is 0. The summed E-state index contributed by atoms with van der Waals surface area (Å²) in [6.07, 6.45) is 0. The minimum atomic E-state index is 0.577. The highest BCUT2D eigenvalue weighted by atomic mass is 16.3. The first kappa shape index (κ1) is 37.1. The fourth-order valence-corrected chi connectivity index (χ4v) is 8.54. The predicted molar refractivity (Wildman–Crippen MR) is 258 cm³/mol. The van der Waals surface area contributed by atoms with E-state index in [1.54, 1.807) is 0 Å². The predicted octanol–water partition coefficient (Wildman–Crippen LogP) is 15.2. The molecule has 9 aromatic carbocycles. The summed E-state index contributed by atoms with van der Waals surface area (Å²) in [5.74, 6) is 2.37. The number of nitrogens with zero attached hydrogens (tertiary/aromatic N) is 4. The molecule has 0 aliphatic carbocycles. The second kappa shape index (κ2) is 15.6. The summed E-state index contributed by atoms with van der Waals surface area (Å²) in [6.45, 7) is 0. The molecule has 12 aromatic rings. The quantitative estimate of drug-likeness (QED) is 0.152. The lowest BCUT2D eigenvalue weighted by Crippen LogP contribution is -2.00. The van der Waals surface area contributed by atoms with Crippen LogP contribution in [0, 0.1) is 0 Å². The van der Waals surface area contributed by atoms with Crippen molar-refractivity contribution < 1.29 is 8.83 Å². The van der Waals surface area contributed by atoms with Gasteiger partial charge in [-0.05, 0) is 93.0 Å². The molecule has 3 heterocycles. The summed E-state index contributed by atoms with van der Waals surface area (Å²) in [5, 5.41) is 1.99. The van der Waals surface area contributed by atoms with E-state index in [-0.39, 0.29) is 0 Å². The van der Waals surface area contributed by atoms with Crippen molar-refractivity contribution in [1.82, 2.24) is 19.9 Å².